The molecule has 0 spiro atoms. The second kappa shape index (κ2) is 13.0. The molecule has 0 aliphatic rings. The molecule has 0 fully saturated rings. The lowest BCUT2D eigenvalue weighted by molar-refractivity contribution is -0.0310. The highest BCUT2D eigenvalue weighted by Crippen LogP contribution is 2.14. The van der Waals surface area contributed by atoms with Crippen molar-refractivity contribution in [2.45, 2.75) is 25.7 Å². The first-order valence-corrected chi connectivity index (χ1v) is 7.91. The first-order chi connectivity index (χ1) is 10.2. The molecule has 0 aromatic carbocycles. The topological polar surface area (TPSA) is 132 Å². The van der Waals surface area contributed by atoms with Gasteiger partial charge in [-0.25, -0.2) is 0 Å². The van der Waals surface area contributed by atoms with E-state index in [1.807, 2.05) is 24.3 Å². The number of nitrogens with zero attached hydrogens (tertiary/aromatic N) is 4. The smallest absolute Gasteiger partial charge is 0.350 e. The SMILES string of the molecule is N#CCCO[Si](OCCC#N)(OCCC#N)OCCC#N. The Balaban J connectivity index is 4.71. The monoisotopic (exact) mass is 308 g/mol. The first-order valence-electron chi connectivity index (χ1n) is 6.28. The average molecular weight is 308 g/mol. The van der Waals surface area contributed by atoms with Crippen molar-refractivity contribution in [1.29, 1.82) is 21.0 Å². The molecule has 0 saturated carbocycles. The van der Waals surface area contributed by atoms with E-state index in [1.54, 1.807) is 0 Å². The van der Waals surface area contributed by atoms with Crippen LogP contribution in [-0.4, -0.2) is 35.5 Å². The van der Waals surface area contributed by atoms with Crippen LogP contribution < -0.4 is 0 Å². The van der Waals surface area contributed by atoms with Gasteiger partial charge in [0, 0.05) is 0 Å². The maximum absolute atomic E-state index is 8.54. The summed E-state index contributed by atoms with van der Waals surface area (Å²) in [5.41, 5.74) is 0. The van der Waals surface area contributed by atoms with Crippen LogP contribution in [-0.2, 0) is 17.7 Å². The van der Waals surface area contributed by atoms with E-state index in [4.69, 9.17) is 38.8 Å². The summed E-state index contributed by atoms with van der Waals surface area (Å²) >= 11 is 0. The fourth-order valence-corrected chi connectivity index (χ4v) is 3.04. The number of rotatable bonds is 12. The van der Waals surface area contributed by atoms with E-state index in [1.165, 1.54) is 0 Å². The van der Waals surface area contributed by atoms with Gasteiger partial charge in [0.25, 0.3) is 0 Å². The standard InChI is InChI=1S/C12H16N4O4Si/c13-5-1-9-17-21(18-10-2-6-14,19-11-3-7-15)20-12-4-8-16/h1-4,9-12H2. The fourth-order valence-electron chi connectivity index (χ4n) is 1.14. The maximum atomic E-state index is 8.54. The third-order valence-corrected chi connectivity index (χ3v) is 4.20. The minimum Gasteiger partial charge on any atom is -0.350 e. The van der Waals surface area contributed by atoms with Crippen molar-refractivity contribution in [2.75, 3.05) is 26.4 Å². The van der Waals surface area contributed by atoms with Gasteiger partial charge in [-0.2, -0.15) is 21.0 Å². The van der Waals surface area contributed by atoms with Gasteiger partial charge in [0.05, 0.1) is 76.4 Å². The van der Waals surface area contributed by atoms with E-state index in [0.29, 0.717) is 0 Å². The van der Waals surface area contributed by atoms with Crippen molar-refractivity contribution in [3.05, 3.63) is 0 Å². The second-order valence-corrected chi connectivity index (χ2v) is 5.68. The maximum Gasteiger partial charge on any atom is 0.679 e. The van der Waals surface area contributed by atoms with Crippen LogP contribution in [0.25, 0.3) is 0 Å². The Bertz CT molecular complexity index is 361. The molecule has 0 amide bonds. The van der Waals surface area contributed by atoms with E-state index < -0.39 is 9.05 Å². The molecule has 0 unspecified atom stereocenters. The summed E-state index contributed by atoms with van der Waals surface area (Å²) in [7, 11) is -3.55. The van der Waals surface area contributed by atoms with Crippen LogP contribution in [0.15, 0.2) is 0 Å². The molecule has 21 heavy (non-hydrogen) atoms. The Hall–Kier alpha value is -1.98. The van der Waals surface area contributed by atoms with Crippen molar-refractivity contribution in [3.8, 4) is 24.3 Å². The molecule has 0 rings (SSSR count). The van der Waals surface area contributed by atoms with Crippen LogP contribution in [0.2, 0.25) is 0 Å². The van der Waals surface area contributed by atoms with Gasteiger partial charge in [0.2, 0.25) is 0 Å². The van der Waals surface area contributed by atoms with Crippen LogP contribution in [0.5, 0.6) is 0 Å². The van der Waals surface area contributed by atoms with Crippen molar-refractivity contribution in [1.82, 2.24) is 0 Å². The van der Waals surface area contributed by atoms with Crippen LogP contribution in [0.3, 0.4) is 0 Å². The fraction of sp³-hybridized carbons (Fsp3) is 0.667. The van der Waals surface area contributed by atoms with Crippen molar-refractivity contribution in [2.24, 2.45) is 0 Å². The molecule has 0 N–H and O–H groups in total. The highest BCUT2D eigenvalue weighted by molar-refractivity contribution is 6.53. The van der Waals surface area contributed by atoms with Gasteiger partial charge < -0.3 is 17.7 Å². The average Bonchev–Trinajstić information content (AvgIpc) is 2.48. The van der Waals surface area contributed by atoms with Crippen molar-refractivity contribution >= 4 is 9.05 Å². The molecule has 112 valence electrons. The number of nitriles is 4. The van der Waals surface area contributed by atoms with Crippen LogP contribution in [0, 0.1) is 45.3 Å². The van der Waals surface area contributed by atoms with Gasteiger partial charge in [-0.05, 0) is 0 Å². The molecule has 9 heteroatoms. The van der Waals surface area contributed by atoms with Crippen molar-refractivity contribution < 1.29 is 17.7 Å². The van der Waals surface area contributed by atoms with Gasteiger partial charge in [-0.15, -0.1) is 0 Å². The quantitative estimate of drug-likeness (QED) is 0.387. The Morgan fingerprint density at radius 2 is 0.762 bits per heavy atom. The zero-order valence-electron chi connectivity index (χ0n) is 11.6. The summed E-state index contributed by atoms with van der Waals surface area (Å²) in [6.45, 7) is 0.200. The number of hydrogen-bond acceptors (Lipinski definition) is 8. The van der Waals surface area contributed by atoms with E-state index in [0.717, 1.165) is 0 Å². The molecule has 0 bridgehead atoms. The Kier molecular flexibility index (Phi) is 11.8. The van der Waals surface area contributed by atoms with Gasteiger partial charge in [0.1, 0.15) is 0 Å². The van der Waals surface area contributed by atoms with E-state index in [9.17, 15) is 0 Å². The Morgan fingerprint density at radius 3 is 0.952 bits per heavy atom. The molecule has 0 radical (unpaired) electrons. The summed E-state index contributed by atoms with van der Waals surface area (Å²) in [4.78, 5) is 0. The molecular weight excluding hydrogens is 292 g/mol. The molecule has 0 aromatic heterocycles. The Labute approximate surface area is 125 Å². The largest absolute Gasteiger partial charge is 0.679 e. The van der Waals surface area contributed by atoms with Crippen LogP contribution in [0.4, 0.5) is 0 Å². The van der Waals surface area contributed by atoms with E-state index >= 15 is 0 Å². The summed E-state index contributed by atoms with van der Waals surface area (Å²) in [6.07, 6.45) is 0.498. The van der Waals surface area contributed by atoms with Crippen LogP contribution in [0.1, 0.15) is 25.7 Å². The number of hydrogen-bond donors (Lipinski definition) is 0. The molecular formula is C12H16N4O4Si. The zero-order valence-corrected chi connectivity index (χ0v) is 12.6. The molecule has 0 heterocycles. The molecule has 8 nitrogen and oxygen atoms in total. The van der Waals surface area contributed by atoms with Gasteiger partial charge in [0.15, 0.2) is 0 Å². The van der Waals surface area contributed by atoms with Gasteiger partial charge >= 0.3 is 9.05 Å². The predicted octanol–water partition coefficient (Wildman–Crippen LogP) is 1.14. The third kappa shape index (κ3) is 9.54. The molecule has 0 aliphatic heterocycles. The summed E-state index contributed by atoms with van der Waals surface area (Å²) in [5, 5.41) is 34.2. The summed E-state index contributed by atoms with van der Waals surface area (Å²) in [5.74, 6) is 0. The van der Waals surface area contributed by atoms with Crippen LogP contribution >= 0.6 is 0 Å². The van der Waals surface area contributed by atoms with Gasteiger partial charge in [-0.1, -0.05) is 0 Å². The normalized spacial score (nSPS) is 10.1. The second-order valence-electron chi connectivity index (χ2n) is 3.53. The highest BCUT2D eigenvalue weighted by Gasteiger charge is 2.45. The lowest BCUT2D eigenvalue weighted by Gasteiger charge is -2.27. The Morgan fingerprint density at radius 1 is 0.524 bits per heavy atom. The summed E-state index contributed by atoms with van der Waals surface area (Å²) < 4.78 is 21.7. The zero-order chi connectivity index (χ0) is 15.8. The first kappa shape index (κ1) is 19.0. The van der Waals surface area contributed by atoms with E-state index in [2.05, 4.69) is 0 Å². The minimum atomic E-state index is -3.55. The predicted molar refractivity (Wildman–Crippen MR) is 70.5 cm³/mol. The van der Waals surface area contributed by atoms with Gasteiger partial charge in [-0.3, -0.25) is 0 Å². The molecule has 0 aromatic rings. The molecule has 0 atom stereocenters. The lowest BCUT2D eigenvalue weighted by atomic mass is 10.5. The lowest BCUT2D eigenvalue weighted by Crippen LogP contribution is -2.50. The molecule has 0 aliphatic carbocycles. The minimum absolute atomic E-state index is 0.0500. The summed E-state index contributed by atoms with van der Waals surface area (Å²) in [6, 6.07) is 7.66. The highest BCUT2D eigenvalue weighted by atomic mass is 28.4. The third-order valence-electron chi connectivity index (χ3n) is 1.97. The molecule has 0 saturated heterocycles. The van der Waals surface area contributed by atoms with E-state index in [-0.39, 0.29) is 52.1 Å². The van der Waals surface area contributed by atoms with Crippen molar-refractivity contribution in [3.63, 3.8) is 0 Å².